The first-order valence-corrected chi connectivity index (χ1v) is 10.2. The fourth-order valence-corrected chi connectivity index (χ4v) is 4.07. The maximum absolute atomic E-state index is 13.3. The third kappa shape index (κ3) is 4.55. The van der Waals surface area contributed by atoms with Crippen LogP contribution in [0.3, 0.4) is 0 Å². The lowest BCUT2D eigenvalue weighted by atomic mass is 9.87. The smallest absolute Gasteiger partial charge is 0.274 e. The molecule has 1 aliphatic heterocycles. The third-order valence-electron chi connectivity index (χ3n) is 5.92. The van der Waals surface area contributed by atoms with Crippen LogP contribution >= 0.6 is 0 Å². The molecule has 0 unspecified atom stereocenters. The molecule has 6 nitrogen and oxygen atoms in total. The average Bonchev–Trinajstić information content (AvgIpc) is 2.73. The number of halogens is 3. The number of hydrogen-bond donors (Lipinski definition) is 1. The molecule has 1 aromatic carbocycles. The summed E-state index contributed by atoms with van der Waals surface area (Å²) in [6.45, 7) is 0.951. The summed E-state index contributed by atoms with van der Waals surface area (Å²) < 4.78 is 47.0. The SMILES string of the molecule is O=C1c2c(O)c(=O)cc(OCC3CCC(F)(F)CC3)n2CCN1Cc1ccc(F)cc1. The van der Waals surface area contributed by atoms with E-state index in [1.54, 1.807) is 12.1 Å². The van der Waals surface area contributed by atoms with E-state index in [2.05, 4.69) is 0 Å². The number of carbonyl (C=O) groups is 1. The number of alkyl halides is 2. The van der Waals surface area contributed by atoms with Crippen molar-refractivity contribution in [3.8, 4) is 11.6 Å². The van der Waals surface area contributed by atoms with E-state index in [-0.39, 0.29) is 55.8 Å². The van der Waals surface area contributed by atoms with Gasteiger partial charge in [0.1, 0.15) is 5.82 Å². The van der Waals surface area contributed by atoms with Gasteiger partial charge in [-0.05, 0) is 36.5 Å². The van der Waals surface area contributed by atoms with Crippen LogP contribution in [0.25, 0.3) is 0 Å². The molecule has 0 atom stereocenters. The monoisotopic (exact) mass is 436 g/mol. The van der Waals surface area contributed by atoms with Gasteiger partial charge < -0.3 is 19.3 Å². The van der Waals surface area contributed by atoms with Crippen molar-refractivity contribution in [1.82, 2.24) is 9.47 Å². The number of aromatic hydroxyl groups is 1. The number of nitrogens with zero attached hydrogens (tertiary/aromatic N) is 2. The zero-order valence-corrected chi connectivity index (χ0v) is 16.8. The molecule has 1 amide bonds. The Bertz CT molecular complexity index is 1030. The lowest BCUT2D eigenvalue weighted by Crippen LogP contribution is -2.41. The summed E-state index contributed by atoms with van der Waals surface area (Å²) >= 11 is 0. The number of rotatable bonds is 5. The number of hydrogen-bond acceptors (Lipinski definition) is 4. The van der Waals surface area contributed by atoms with E-state index in [1.165, 1.54) is 21.6 Å². The summed E-state index contributed by atoms with van der Waals surface area (Å²) in [6.07, 6.45) is 0.274. The van der Waals surface area contributed by atoms with Gasteiger partial charge in [0.2, 0.25) is 11.4 Å². The molecule has 1 fully saturated rings. The Morgan fingerprint density at radius 3 is 2.45 bits per heavy atom. The number of fused-ring (bicyclic) bond motifs is 1. The van der Waals surface area contributed by atoms with E-state index in [4.69, 9.17) is 4.74 Å². The fraction of sp³-hybridized carbons (Fsp3) is 0.455. The van der Waals surface area contributed by atoms with Gasteiger partial charge in [-0.25, -0.2) is 13.2 Å². The second-order valence-corrected chi connectivity index (χ2v) is 8.16. The molecule has 1 saturated carbocycles. The summed E-state index contributed by atoms with van der Waals surface area (Å²) in [5.74, 6) is -4.12. The molecule has 2 aliphatic rings. The number of ether oxygens (including phenoxy) is 1. The average molecular weight is 436 g/mol. The Kier molecular flexibility index (Phi) is 5.68. The van der Waals surface area contributed by atoms with E-state index in [1.807, 2.05) is 0 Å². The maximum Gasteiger partial charge on any atom is 0.274 e. The van der Waals surface area contributed by atoms with Gasteiger partial charge in [0.15, 0.2) is 17.3 Å². The highest BCUT2D eigenvalue weighted by Crippen LogP contribution is 2.36. The van der Waals surface area contributed by atoms with Crippen molar-refractivity contribution in [1.29, 1.82) is 0 Å². The summed E-state index contributed by atoms with van der Waals surface area (Å²) in [7, 11) is 0. The molecule has 31 heavy (non-hydrogen) atoms. The highest BCUT2D eigenvalue weighted by Gasteiger charge is 2.35. The van der Waals surface area contributed by atoms with Gasteiger partial charge in [-0.1, -0.05) is 12.1 Å². The number of carbonyl (C=O) groups excluding carboxylic acids is 1. The van der Waals surface area contributed by atoms with Crippen molar-refractivity contribution >= 4 is 5.91 Å². The Morgan fingerprint density at radius 2 is 1.77 bits per heavy atom. The van der Waals surface area contributed by atoms with Crippen LogP contribution in [0.1, 0.15) is 41.7 Å². The second kappa shape index (κ2) is 8.28. The summed E-state index contributed by atoms with van der Waals surface area (Å²) in [6, 6.07) is 6.85. The third-order valence-corrected chi connectivity index (χ3v) is 5.92. The summed E-state index contributed by atoms with van der Waals surface area (Å²) in [5, 5.41) is 10.3. The largest absolute Gasteiger partial charge is 0.503 e. The number of pyridine rings is 1. The highest BCUT2D eigenvalue weighted by molar-refractivity contribution is 5.96. The molecule has 1 N–H and O–H groups in total. The minimum atomic E-state index is -2.63. The van der Waals surface area contributed by atoms with Gasteiger partial charge >= 0.3 is 0 Å². The maximum atomic E-state index is 13.3. The van der Waals surface area contributed by atoms with E-state index in [0.29, 0.717) is 24.9 Å². The summed E-state index contributed by atoms with van der Waals surface area (Å²) in [4.78, 5) is 26.7. The summed E-state index contributed by atoms with van der Waals surface area (Å²) in [5.41, 5.74) is -0.189. The quantitative estimate of drug-likeness (QED) is 0.778. The molecule has 2 heterocycles. The van der Waals surface area contributed by atoms with Crippen molar-refractivity contribution in [2.75, 3.05) is 13.2 Å². The van der Waals surface area contributed by atoms with Crippen LogP contribution in [-0.2, 0) is 13.1 Å². The van der Waals surface area contributed by atoms with Crippen molar-refractivity contribution in [2.45, 2.75) is 44.7 Å². The standard InChI is InChI=1S/C22H23F3N2O4/c23-16-3-1-14(2-4-16)12-26-9-10-27-18(11-17(28)20(29)19(27)21(26)30)31-13-15-5-7-22(24,25)8-6-15/h1-4,11,15,29H,5-10,12-13H2. The molecule has 0 radical (unpaired) electrons. The lowest BCUT2D eigenvalue weighted by molar-refractivity contribution is -0.0502. The molecule has 1 aliphatic carbocycles. The molecule has 0 bridgehead atoms. The van der Waals surface area contributed by atoms with Crippen LogP contribution in [0.2, 0.25) is 0 Å². The van der Waals surface area contributed by atoms with Gasteiger partial charge in [-0.3, -0.25) is 9.59 Å². The Hall–Kier alpha value is -2.97. The number of benzene rings is 1. The van der Waals surface area contributed by atoms with E-state index in [9.17, 15) is 27.9 Å². The molecule has 9 heteroatoms. The molecule has 2 aromatic rings. The first-order valence-electron chi connectivity index (χ1n) is 10.2. The predicted molar refractivity (Wildman–Crippen MR) is 106 cm³/mol. The van der Waals surface area contributed by atoms with Crippen LogP contribution in [0, 0.1) is 11.7 Å². The number of amides is 1. The van der Waals surface area contributed by atoms with E-state index < -0.39 is 23.0 Å². The minimum absolute atomic E-state index is 0.0611. The van der Waals surface area contributed by atoms with Crippen molar-refractivity contribution in [3.63, 3.8) is 0 Å². The van der Waals surface area contributed by atoms with Gasteiger partial charge in [-0.15, -0.1) is 0 Å². The normalized spacial score (nSPS) is 18.7. The van der Waals surface area contributed by atoms with Gasteiger partial charge in [0, 0.05) is 38.5 Å². The van der Waals surface area contributed by atoms with Gasteiger partial charge in [0.25, 0.3) is 5.91 Å². The molecule has 0 spiro atoms. The van der Waals surface area contributed by atoms with E-state index >= 15 is 0 Å². The Labute approximate surface area is 176 Å². The molecular weight excluding hydrogens is 413 g/mol. The topological polar surface area (TPSA) is 71.8 Å². The Balaban J connectivity index is 1.52. The first-order chi connectivity index (χ1) is 14.7. The predicted octanol–water partition coefficient (Wildman–Crippen LogP) is 3.55. The molecule has 166 valence electrons. The van der Waals surface area contributed by atoms with Crippen LogP contribution < -0.4 is 10.2 Å². The molecule has 1 aromatic heterocycles. The van der Waals surface area contributed by atoms with Crippen LogP contribution in [0.4, 0.5) is 13.2 Å². The zero-order chi connectivity index (χ0) is 22.2. The first kappa shape index (κ1) is 21.3. The van der Waals surface area contributed by atoms with Crippen LogP contribution in [-0.4, -0.2) is 39.6 Å². The van der Waals surface area contributed by atoms with Gasteiger partial charge in [-0.2, -0.15) is 0 Å². The fourth-order valence-electron chi connectivity index (χ4n) is 4.07. The second-order valence-electron chi connectivity index (χ2n) is 8.16. The van der Waals surface area contributed by atoms with Crippen molar-refractivity contribution < 1.29 is 27.8 Å². The van der Waals surface area contributed by atoms with Crippen LogP contribution in [0.15, 0.2) is 35.1 Å². The van der Waals surface area contributed by atoms with Crippen LogP contribution in [0.5, 0.6) is 11.6 Å². The minimum Gasteiger partial charge on any atom is -0.503 e. The zero-order valence-electron chi connectivity index (χ0n) is 16.8. The number of aromatic nitrogens is 1. The van der Waals surface area contributed by atoms with Gasteiger partial charge in [0.05, 0.1) is 6.61 Å². The highest BCUT2D eigenvalue weighted by atomic mass is 19.3. The van der Waals surface area contributed by atoms with Crippen molar-refractivity contribution in [3.05, 3.63) is 57.6 Å². The van der Waals surface area contributed by atoms with E-state index in [0.717, 1.165) is 6.07 Å². The molecule has 0 saturated heterocycles. The van der Waals surface area contributed by atoms with Crippen molar-refractivity contribution in [2.24, 2.45) is 5.92 Å². The Morgan fingerprint density at radius 1 is 1.10 bits per heavy atom. The molecular formula is C22H23F3N2O4. The lowest BCUT2D eigenvalue weighted by Gasteiger charge is -2.32. The molecule has 4 rings (SSSR count).